The van der Waals surface area contributed by atoms with E-state index in [0.717, 1.165) is 4.85 Å². The van der Waals surface area contributed by atoms with Crippen molar-refractivity contribution in [2.24, 2.45) is 0 Å². The minimum atomic E-state index is -1.66. The number of rotatable bonds is 4. The van der Waals surface area contributed by atoms with E-state index in [2.05, 4.69) is 10.3 Å². The summed E-state index contributed by atoms with van der Waals surface area (Å²) in [5, 5.41) is 27.0. The first-order valence-electron chi connectivity index (χ1n) is 6.95. The molecule has 124 valence electrons. The van der Waals surface area contributed by atoms with Gasteiger partial charge in [0.05, 0.1) is 19.9 Å². The van der Waals surface area contributed by atoms with Gasteiger partial charge in [0.15, 0.2) is 6.17 Å². The molecule has 0 unspecified atom stereocenters. The molecule has 0 aliphatic carbocycles. The second kappa shape index (κ2) is 6.49. The van der Waals surface area contributed by atoms with Crippen LogP contribution in [0.15, 0.2) is 30.5 Å². The van der Waals surface area contributed by atoms with E-state index in [4.69, 9.17) is 14.3 Å². The summed E-state index contributed by atoms with van der Waals surface area (Å²) in [5.74, 6) is 0.615. The van der Waals surface area contributed by atoms with Gasteiger partial charge in [-0.3, -0.25) is 0 Å². The molecule has 2 heterocycles. The normalized spacial score (nSPS) is 27.7. The van der Waals surface area contributed by atoms with E-state index in [0.29, 0.717) is 17.0 Å². The third-order valence-corrected chi connectivity index (χ3v) is 3.49. The van der Waals surface area contributed by atoms with Gasteiger partial charge in [0.25, 0.3) is 6.29 Å². The van der Waals surface area contributed by atoms with Crippen molar-refractivity contribution in [2.75, 3.05) is 13.7 Å². The topological polar surface area (TPSA) is 98.9 Å². The molecule has 2 aromatic rings. The third-order valence-electron chi connectivity index (χ3n) is 3.49. The third kappa shape index (κ3) is 3.11. The molecule has 4 atom stereocenters. The molecule has 1 aliphatic rings. The lowest BCUT2D eigenvalue weighted by Gasteiger charge is -2.32. The molecule has 23 heavy (non-hydrogen) atoms. The summed E-state index contributed by atoms with van der Waals surface area (Å²) in [6.07, 6.45) is -4.56. The number of halogens is 1. The van der Waals surface area contributed by atoms with E-state index in [1.54, 1.807) is 19.2 Å². The quantitative estimate of drug-likeness (QED) is 0.803. The first kappa shape index (κ1) is 15.7. The van der Waals surface area contributed by atoms with Crippen molar-refractivity contribution >= 4 is 0 Å². The monoisotopic (exact) mass is 325 g/mol. The number of ether oxygens (including phenoxy) is 2. The zero-order valence-corrected chi connectivity index (χ0v) is 12.2. The van der Waals surface area contributed by atoms with Crippen LogP contribution in [-0.2, 0) is 4.74 Å². The largest absolute Gasteiger partial charge is 0.496 e. The first-order valence-corrected chi connectivity index (χ1v) is 6.95. The molecule has 0 amide bonds. The Balaban J connectivity index is 1.75. The zero-order valence-electron chi connectivity index (χ0n) is 12.2. The van der Waals surface area contributed by atoms with Crippen LogP contribution in [0.4, 0.5) is 4.39 Å². The minimum Gasteiger partial charge on any atom is -0.496 e. The summed E-state index contributed by atoms with van der Waals surface area (Å²) >= 11 is 0. The van der Waals surface area contributed by atoms with E-state index in [1.165, 1.54) is 6.20 Å². The van der Waals surface area contributed by atoms with Gasteiger partial charge in [-0.15, -0.1) is 5.10 Å². The fourth-order valence-electron chi connectivity index (χ4n) is 2.24. The molecule has 0 spiro atoms. The average Bonchev–Trinajstić information content (AvgIpc) is 3.04. The van der Waals surface area contributed by atoms with Crippen LogP contribution in [-0.4, -0.2) is 63.8 Å². The second-order valence-electron chi connectivity index (χ2n) is 5.01. The van der Waals surface area contributed by atoms with Gasteiger partial charge < -0.3 is 24.5 Å². The van der Waals surface area contributed by atoms with Crippen molar-refractivity contribution in [1.82, 2.24) is 15.2 Å². The number of nitrogens with zero attached hydrogens (tertiary/aromatic N) is 3. The van der Waals surface area contributed by atoms with Gasteiger partial charge in [0.1, 0.15) is 23.7 Å². The van der Waals surface area contributed by atoms with Gasteiger partial charge >= 0.3 is 0 Å². The molecule has 0 saturated carbocycles. The molecule has 1 saturated heterocycles. The van der Waals surface area contributed by atoms with E-state index in [9.17, 15) is 14.6 Å². The molecule has 1 aromatic heterocycles. The number of aliphatic hydroxyl groups excluding tert-OH is 2. The summed E-state index contributed by atoms with van der Waals surface area (Å²) in [7, 11) is 1.54. The predicted octanol–water partition coefficient (Wildman–Crippen LogP) is -0.202. The van der Waals surface area contributed by atoms with Gasteiger partial charge in [0, 0.05) is 5.56 Å². The molecule has 2 N–H and O–H groups in total. The van der Waals surface area contributed by atoms with Crippen molar-refractivity contribution in [2.45, 2.75) is 24.7 Å². The van der Waals surface area contributed by atoms with E-state index >= 15 is 0 Å². The Labute approximate surface area is 131 Å². The molecule has 1 aromatic carbocycles. The van der Waals surface area contributed by atoms with Crippen molar-refractivity contribution in [3.05, 3.63) is 30.5 Å². The molecule has 3 rings (SSSR count). The van der Waals surface area contributed by atoms with Crippen LogP contribution in [0.25, 0.3) is 11.3 Å². The Morgan fingerprint density at radius 2 is 2.09 bits per heavy atom. The second-order valence-corrected chi connectivity index (χ2v) is 5.01. The average molecular weight is 325 g/mol. The van der Waals surface area contributed by atoms with Gasteiger partial charge in [-0.1, -0.05) is 17.0 Å². The van der Waals surface area contributed by atoms with Crippen molar-refractivity contribution < 1.29 is 28.9 Å². The van der Waals surface area contributed by atoms with Crippen LogP contribution in [0, 0.1) is 0 Å². The van der Waals surface area contributed by atoms with Crippen molar-refractivity contribution in [1.29, 1.82) is 0 Å². The summed E-state index contributed by atoms with van der Waals surface area (Å²) in [5.41, 5.74) is 1.19. The Bertz CT molecular complexity index is 667. The lowest BCUT2D eigenvalue weighted by atomic mass is 10.1. The van der Waals surface area contributed by atoms with E-state index < -0.39 is 24.7 Å². The molecule has 9 heteroatoms. The molecular formula is C14H16FN3O5. The molecule has 0 bridgehead atoms. The van der Waals surface area contributed by atoms with Crippen LogP contribution in [0.2, 0.25) is 0 Å². The number of benzene rings is 1. The lowest BCUT2D eigenvalue weighted by Crippen LogP contribution is -2.54. The highest BCUT2D eigenvalue weighted by molar-refractivity contribution is 5.65. The summed E-state index contributed by atoms with van der Waals surface area (Å²) in [4.78, 5) is 6.25. The van der Waals surface area contributed by atoms with Crippen LogP contribution < -0.4 is 9.57 Å². The molecule has 0 radical (unpaired) electrons. The number of hydrogen-bond acceptors (Lipinski definition) is 7. The predicted molar refractivity (Wildman–Crippen MR) is 75.2 cm³/mol. The minimum absolute atomic E-state index is 0.378. The molecule has 1 fully saturated rings. The number of methoxy groups -OCH3 is 1. The fourth-order valence-corrected chi connectivity index (χ4v) is 2.24. The van der Waals surface area contributed by atoms with Crippen LogP contribution in [0.3, 0.4) is 0 Å². The SMILES string of the molecule is COc1ccccc1-c1cn(O[C@@H]2OC[C@@H](F)[C@H](O)[C@H]2O)nn1. The highest BCUT2D eigenvalue weighted by Gasteiger charge is 2.40. The molecular weight excluding hydrogens is 309 g/mol. The van der Waals surface area contributed by atoms with Crippen LogP contribution in [0.1, 0.15) is 0 Å². The van der Waals surface area contributed by atoms with Gasteiger partial charge in [0.2, 0.25) is 0 Å². The maximum atomic E-state index is 13.2. The number of hydrogen-bond donors (Lipinski definition) is 2. The van der Waals surface area contributed by atoms with Crippen molar-refractivity contribution in [3.63, 3.8) is 0 Å². The van der Waals surface area contributed by atoms with Gasteiger partial charge in [-0.2, -0.15) is 0 Å². The van der Waals surface area contributed by atoms with Gasteiger partial charge in [-0.05, 0) is 17.3 Å². The maximum Gasteiger partial charge on any atom is 0.255 e. The van der Waals surface area contributed by atoms with Gasteiger partial charge in [-0.25, -0.2) is 4.39 Å². The first-order chi connectivity index (χ1) is 11.1. The zero-order chi connectivity index (χ0) is 16.4. The summed E-state index contributed by atoms with van der Waals surface area (Å²) in [6.45, 7) is -0.378. The Kier molecular flexibility index (Phi) is 4.42. The van der Waals surface area contributed by atoms with E-state index in [-0.39, 0.29) is 6.61 Å². The Morgan fingerprint density at radius 1 is 1.30 bits per heavy atom. The van der Waals surface area contributed by atoms with Crippen molar-refractivity contribution in [3.8, 4) is 17.0 Å². The molecule has 8 nitrogen and oxygen atoms in total. The highest BCUT2D eigenvalue weighted by Crippen LogP contribution is 2.27. The van der Waals surface area contributed by atoms with E-state index in [1.807, 2.05) is 12.1 Å². The standard InChI is InChI=1S/C14H16FN3O5/c1-21-11-5-3-2-4-8(11)10-6-18(17-16-10)23-14-13(20)12(19)9(15)7-22-14/h2-6,9,12-14,19-20H,7H2,1H3/t9-,12+,13-,14+/m1/s1. The Hall–Kier alpha value is -2.23. The number of para-hydroxylation sites is 1. The lowest BCUT2D eigenvalue weighted by molar-refractivity contribution is -0.264. The van der Waals surface area contributed by atoms with Crippen LogP contribution in [0.5, 0.6) is 5.75 Å². The fraction of sp³-hybridized carbons (Fsp3) is 0.429. The van der Waals surface area contributed by atoms with Crippen LogP contribution >= 0.6 is 0 Å². The summed E-state index contributed by atoms with van der Waals surface area (Å²) in [6, 6.07) is 7.23. The number of aromatic nitrogens is 3. The molecule has 1 aliphatic heterocycles. The number of aliphatic hydroxyl groups is 2. The smallest absolute Gasteiger partial charge is 0.255 e. The maximum absolute atomic E-state index is 13.2. The summed E-state index contributed by atoms with van der Waals surface area (Å²) < 4.78 is 23.5. The highest BCUT2D eigenvalue weighted by atomic mass is 19.1. The number of alkyl halides is 1. The Morgan fingerprint density at radius 3 is 2.87 bits per heavy atom.